The van der Waals surface area contributed by atoms with E-state index in [-0.39, 0.29) is 35.6 Å². The number of hydrogen-bond donors (Lipinski definition) is 1. The fraction of sp³-hybridized carbons (Fsp3) is 0.479. The molecule has 2 bridgehead atoms. The third-order valence-electron chi connectivity index (χ3n) is 13.8. The van der Waals surface area contributed by atoms with Crippen molar-refractivity contribution >= 4 is 5.97 Å². The maximum absolute atomic E-state index is 12.4. The predicted molar refractivity (Wildman–Crippen MR) is 213 cm³/mol. The number of likely N-dealkylation sites (tertiary alicyclic amines) is 1. The van der Waals surface area contributed by atoms with Gasteiger partial charge in [-0.05, 0) is 98.7 Å². The van der Waals surface area contributed by atoms with Gasteiger partial charge >= 0.3 is 5.97 Å². The summed E-state index contributed by atoms with van der Waals surface area (Å²) < 4.78 is 13.3. The van der Waals surface area contributed by atoms with Gasteiger partial charge in [-0.15, -0.1) is 0 Å². The summed E-state index contributed by atoms with van der Waals surface area (Å²) in [5.41, 5.74) is 6.72. The van der Waals surface area contributed by atoms with Crippen LogP contribution in [0.3, 0.4) is 0 Å². The van der Waals surface area contributed by atoms with Crippen molar-refractivity contribution in [1.29, 1.82) is 0 Å². The van der Waals surface area contributed by atoms with Gasteiger partial charge in [0.2, 0.25) is 0 Å². The fourth-order valence-corrected chi connectivity index (χ4v) is 11.2. The number of ether oxygens (including phenoxy) is 2. The zero-order valence-corrected chi connectivity index (χ0v) is 31.8. The van der Waals surface area contributed by atoms with Gasteiger partial charge in [-0.1, -0.05) is 110 Å². The molecule has 1 N–H and O–H groups in total. The molecule has 0 radical (unpaired) electrons. The van der Waals surface area contributed by atoms with Crippen molar-refractivity contribution in [2.45, 2.75) is 107 Å². The van der Waals surface area contributed by atoms with E-state index in [2.05, 4.69) is 107 Å². The normalized spacial score (nSPS) is 27.8. The van der Waals surface area contributed by atoms with Crippen molar-refractivity contribution < 1.29 is 19.4 Å². The lowest BCUT2D eigenvalue weighted by Gasteiger charge is -2.60. The largest absolute Gasteiger partial charge is 0.484 e. The highest BCUT2D eigenvalue weighted by Gasteiger charge is 2.66. The van der Waals surface area contributed by atoms with Crippen LogP contribution in [-0.2, 0) is 23.1 Å². The highest BCUT2D eigenvalue weighted by atomic mass is 16.6. The molecule has 2 heterocycles. The lowest BCUT2D eigenvalue weighted by Crippen LogP contribution is -2.69. The highest BCUT2D eigenvalue weighted by molar-refractivity contribution is 5.72. The number of hydrogen-bond acceptors (Lipinski definition) is 6. The van der Waals surface area contributed by atoms with Crippen molar-refractivity contribution in [3.63, 3.8) is 0 Å². The second-order valence-corrected chi connectivity index (χ2v) is 16.9. The molecule has 7 atom stereocenters. The minimum atomic E-state index is -0.302. The van der Waals surface area contributed by atoms with Crippen LogP contribution in [0.5, 0.6) is 11.5 Å². The Balaban J connectivity index is 1.04. The van der Waals surface area contributed by atoms with Crippen LogP contribution in [0.25, 0.3) is 0 Å². The smallest absolute Gasteiger partial charge is 0.308 e. The fourth-order valence-electron chi connectivity index (χ4n) is 11.2. The van der Waals surface area contributed by atoms with E-state index >= 15 is 0 Å². The number of aliphatic hydroxyl groups excluding tert-OH is 1. The molecule has 5 aliphatic rings. The zero-order chi connectivity index (χ0) is 36.6. The Morgan fingerprint density at radius 3 is 2.28 bits per heavy atom. The average Bonchev–Trinajstić information content (AvgIpc) is 3.78. The van der Waals surface area contributed by atoms with Gasteiger partial charge < -0.3 is 14.6 Å². The number of benzene rings is 4. The van der Waals surface area contributed by atoms with Gasteiger partial charge in [0, 0.05) is 54.9 Å². The van der Waals surface area contributed by atoms with Gasteiger partial charge in [-0.2, -0.15) is 0 Å². The topological polar surface area (TPSA) is 62.2 Å². The highest BCUT2D eigenvalue weighted by Crippen LogP contribution is 2.64. The Hall–Kier alpha value is -3.97. The Kier molecular flexibility index (Phi) is 10.1. The van der Waals surface area contributed by atoms with E-state index < -0.39 is 0 Å². The Morgan fingerprint density at radius 1 is 0.907 bits per heavy atom. The van der Waals surface area contributed by atoms with E-state index in [1.54, 1.807) is 0 Å². The molecule has 0 amide bonds. The molecule has 4 aromatic rings. The first kappa shape index (κ1) is 35.7. The summed E-state index contributed by atoms with van der Waals surface area (Å²) in [6.45, 7) is 5.47. The lowest BCUT2D eigenvalue weighted by molar-refractivity contribution is -0.132. The van der Waals surface area contributed by atoms with E-state index in [4.69, 9.17) is 9.47 Å². The number of esters is 1. The van der Waals surface area contributed by atoms with E-state index in [0.717, 1.165) is 76.9 Å². The maximum atomic E-state index is 12.4. The van der Waals surface area contributed by atoms with E-state index in [0.29, 0.717) is 23.6 Å². The Labute approximate surface area is 321 Å². The van der Waals surface area contributed by atoms with Crippen molar-refractivity contribution in [3.05, 3.63) is 131 Å². The molecule has 9 rings (SSSR count). The monoisotopic (exact) mass is 724 g/mol. The Morgan fingerprint density at radius 2 is 1.59 bits per heavy atom. The molecule has 4 aromatic carbocycles. The summed E-state index contributed by atoms with van der Waals surface area (Å²) in [5.74, 6) is 2.24. The van der Waals surface area contributed by atoms with Gasteiger partial charge in [0.25, 0.3) is 0 Å². The summed E-state index contributed by atoms with van der Waals surface area (Å²) in [5, 5.41) is 10.3. The van der Waals surface area contributed by atoms with Crippen LogP contribution < -0.4 is 9.47 Å². The van der Waals surface area contributed by atoms with Crippen LogP contribution in [-0.4, -0.2) is 71.3 Å². The third kappa shape index (κ3) is 6.80. The number of nitrogens with zero attached hydrogens (tertiary/aromatic N) is 2. The van der Waals surface area contributed by atoms with Gasteiger partial charge in [-0.3, -0.25) is 14.6 Å². The van der Waals surface area contributed by atoms with Crippen molar-refractivity contribution in [2.75, 3.05) is 26.2 Å². The first-order valence-corrected chi connectivity index (χ1v) is 20.8. The van der Waals surface area contributed by atoms with Gasteiger partial charge in [0.1, 0.15) is 6.10 Å². The molecule has 54 heavy (non-hydrogen) atoms. The number of aryl methyl sites for hydroxylation is 1. The van der Waals surface area contributed by atoms with Crippen molar-refractivity contribution in [3.8, 4) is 11.5 Å². The molecule has 3 fully saturated rings. The maximum Gasteiger partial charge on any atom is 0.308 e. The second kappa shape index (κ2) is 15.3. The third-order valence-corrected chi connectivity index (χ3v) is 13.8. The van der Waals surface area contributed by atoms with Gasteiger partial charge in [0.15, 0.2) is 11.5 Å². The quantitative estimate of drug-likeness (QED) is 0.0756. The average molecular weight is 725 g/mol. The first-order valence-electron chi connectivity index (χ1n) is 20.8. The van der Waals surface area contributed by atoms with Crippen molar-refractivity contribution in [2.24, 2.45) is 11.8 Å². The van der Waals surface area contributed by atoms with E-state index in [1.807, 2.05) is 6.07 Å². The molecule has 282 valence electrons. The number of piperidine rings is 1. The summed E-state index contributed by atoms with van der Waals surface area (Å²) in [7, 11) is 0. The standard InChI is InChI=1S/C48H56N2O4/c1-33(51)53-44-25-22-37-29-42-40-23-24-41(47-48(40,45(37)46(44)54-47)26-28-50(42)31-38-30-43(38)52)49(27-14-3-2-7-15-34-16-8-4-9-17-34)32-39(35-18-10-5-11-19-35)36-20-12-6-13-21-36/h4-6,8-13,16-22,25,38-43,47,52H,2-3,7,14-15,23-24,26-32H2,1H3/t38?,40-,41-,42+,43?,47-,48-/m0/s1. The summed E-state index contributed by atoms with van der Waals surface area (Å²) >= 11 is 0. The van der Waals surface area contributed by atoms with Gasteiger partial charge in [-0.25, -0.2) is 0 Å². The minimum Gasteiger partial charge on any atom is -0.484 e. The molecule has 1 spiro atoms. The van der Waals surface area contributed by atoms with E-state index in [1.165, 1.54) is 54.0 Å². The summed E-state index contributed by atoms with van der Waals surface area (Å²) in [6, 6.07) is 37.9. The van der Waals surface area contributed by atoms with Crippen LogP contribution in [0.1, 0.15) is 92.0 Å². The number of unbranched alkanes of at least 4 members (excludes halogenated alkanes) is 3. The Bertz CT molecular complexity index is 1860. The molecule has 0 aromatic heterocycles. The number of carbonyl (C=O) groups is 1. The first-order chi connectivity index (χ1) is 26.5. The van der Waals surface area contributed by atoms with Crippen LogP contribution in [0.15, 0.2) is 103 Å². The van der Waals surface area contributed by atoms with Crippen LogP contribution in [0.4, 0.5) is 0 Å². The summed E-state index contributed by atoms with van der Waals surface area (Å²) in [4.78, 5) is 18.0. The predicted octanol–water partition coefficient (Wildman–Crippen LogP) is 8.34. The second-order valence-electron chi connectivity index (χ2n) is 16.9. The number of carbonyl (C=O) groups excluding carboxylic acids is 1. The van der Waals surface area contributed by atoms with Crippen molar-refractivity contribution in [1.82, 2.24) is 9.80 Å². The molecule has 3 aliphatic carbocycles. The molecular formula is C48H56N2O4. The summed E-state index contributed by atoms with van der Waals surface area (Å²) in [6.07, 6.45) is 11.0. The molecule has 2 aliphatic heterocycles. The molecule has 1 saturated heterocycles. The van der Waals surface area contributed by atoms with Crippen LogP contribution in [0, 0.1) is 11.8 Å². The van der Waals surface area contributed by atoms with E-state index in [9.17, 15) is 9.90 Å². The number of aliphatic hydroxyl groups is 1. The molecule has 2 saturated carbocycles. The molecular weight excluding hydrogens is 669 g/mol. The minimum absolute atomic E-state index is 0.0107. The lowest BCUT2D eigenvalue weighted by atomic mass is 9.51. The van der Waals surface area contributed by atoms with Gasteiger partial charge in [0.05, 0.1) is 6.10 Å². The zero-order valence-electron chi connectivity index (χ0n) is 31.8. The molecule has 6 nitrogen and oxygen atoms in total. The molecule has 6 heteroatoms. The number of rotatable bonds is 15. The SMILES string of the molecule is CC(=O)Oc1ccc2c3c1O[C@H]1[C@@H](N(CCCCCCc4ccccc4)CC(c4ccccc4)c4ccccc4)CC[C@H]4[C@@H](C2)N(CC2CC2O)CC[C@@]341. The molecule has 2 unspecified atom stereocenters. The van der Waals surface area contributed by atoms with Crippen LogP contribution in [0.2, 0.25) is 0 Å². The van der Waals surface area contributed by atoms with Crippen LogP contribution >= 0.6 is 0 Å².